The predicted molar refractivity (Wildman–Crippen MR) is 107 cm³/mol. The van der Waals surface area contributed by atoms with Gasteiger partial charge in [0.05, 0.1) is 5.60 Å². The smallest absolute Gasteiger partial charge is 0.319 e. The molecule has 3 heterocycles. The van der Waals surface area contributed by atoms with E-state index in [0.717, 1.165) is 5.82 Å². The number of carbonyl (C=O) groups excluding carboxylic acids is 2. The monoisotopic (exact) mass is 389 g/mol. The van der Waals surface area contributed by atoms with Crippen LogP contribution in [0.25, 0.3) is 0 Å². The molecule has 1 aromatic heterocycles. The Balaban J connectivity index is 1.74. The van der Waals surface area contributed by atoms with Crippen LogP contribution >= 0.6 is 0 Å². The minimum absolute atomic E-state index is 0.0235. The van der Waals surface area contributed by atoms with Crippen molar-refractivity contribution in [1.29, 1.82) is 0 Å². The number of carbonyl (C=O) groups is 2. The number of hydrogen-bond acceptors (Lipinski definition) is 5. The Labute approximate surface area is 166 Å². The van der Waals surface area contributed by atoms with Gasteiger partial charge in [0.2, 0.25) is 0 Å². The SMILES string of the molecule is CC(C)NC(=O)c1ccnc(N2CC[C@]3(O)CCN(C(=O)N(C)C)C[C@@H]3C2)c1. The molecule has 0 saturated carbocycles. The van der Waals surface area contributed by atoms with E-state index in [1.54, 1.807) is 37.3 Å². The fraction of sp³-hybridized carbons (Fsp3) is 0.650. The van der Waals surface area contributed by atoms with E-state index in [1.807, 2.05) is 18.7 Å². The first-order valence-corrected chi connectivity index (χ1v) is 9.90. The summed E-state index contributed by atoms with van der Waals surface area (Å²) in [6.45, 7) is 6.24. The molecule has 2 saturated heterocycles. The van der Waals surface area contributed by atoms with E-state index < -0.39 is 5.60 Å². The molecule has 0 bridgehead atoms. The number of anilines is 1. The predicted octanol–water partition coefficient (Wildman–Crippen LogP) is 1.16. The van der Waals surface area contributed by atoms with Gasteiger partial charge >= 0.3 is 6.03 Å². The Morgan fingerprint density at radius 3 is 2.68 bits per heavy atom. The standard InChI is InChI=1S/C20H31N5O3/c1-14(2)22-18(26)15-5-8-21-17(11-15)24-9-6-20(28)7-10-25(13-16(20)12-24)19(27)23(3)4/h5,8,11,14,16,28H,6-7,9-10,12-13H2,1-4H3,(H,22,26)/t16-,20-/m0/s1. The minimum atomic E-state index is -0.744. The van der Waals surface area contributed by atoms with E-state index in [0.29, 0.717) is 44.6 Å². The molecule has 0 aliphatic carbocycles. The van der Waals surface area contributed by atoms with Crippen molar-refractivity contribution in [1.82, 2.24) is 20.1 Å². The fourth-order valence-electron chi connectivity index (χ4n) is 4.05. The Kier molecular flexibility index (Phi) is 5.79. The number of likely N-dealkylation sites (tertiary alicyclic amines) is 1. The van der Waals surface area contributed by atoms with E-state index in [4.69, 9.17) is 0 Å². The lowest BCUT2D eigenvalue weighted by molar-refractivity contribution is -0.0760. The van der Waals surface area contributed by atoms with Crippen LogP contribution in [-0.4, -0.2) is 83.7 Å². The molecular formula is C20H31N5O3. The highest BCUT2D eigenvalue weighted by Gasteiger charge is 2.46. The first-order valence-electron chi connectivity index (χ1n) is 9.90. The van der Waals surface area contributed by atoms with Crippen molar-refractivity contribution in [3.63, 3.8) is 0 Å². The van der Waals surface area contributed by atoms with Crippen LogP contribution < -0.4 is 10.2 Å². The molecule has 2 aliphatic heterocycles. The summed E-state index contributed by atoms with van der Waals surface area (Å²) < 4.78 is 0. The summed E-state index contributed by atoms with van der Waals surface area (Å²) in [6, 6.07) is 3.55. The van der Waals surface area contributed by atoms with E-state index in [1.165, 1.54) is 0 Å². The Morgan fingerprint density at radius 2 is 2.00 bits per heavy atom. The highest BCUT2D eigenvalue weighted by Crippen LogP contribution is 2.37. The molecule has 1 aromatic rings. The second-order valence-electron chi connectivity index (χ2n) is 8.40. The van der Waals surface area contributed by atoms with Gasteiger partial charge in [-0.25, -0.2) is 9.78 Å². The van der Waals surface area contributed by atoms with Crippen molar-refractivity contribution >= 4 is 17.8 Å². The van der Waals surface area contributed by atoms with Gasteiger partial charge in [-0.15, -0.1) is 0 Å². The number of aromatic nitrogens is 1. The maximum absolute atomic E-state index is 12.3. The van der Waals surface area contributed by atoms with Crippen LogP contribution in [0.2, 0.25) is 0 Å². The third-order valence-electron chi connectivity index (χ3n) is 5.68. The highest BCUT2D eigenvalue weighted by molar-refractivity contribution is 5.95. The Hall–Kier alpha value is -2.35. The van der Waals surface area contributed by atoms with Crippen molar-refractivity contribution < 1.29 is 14.7 Å². The Morgan fingerprint density at radius 1 is 1.29 bits per heavy atom. The lowest BCUT2D eigenvalue weighted by Gasteiger charge is -2.50. The van der Waals surface area contributed by atoms with Gasteiger partial charge in [-0.3, -0.25) is 4.79 Å². The molecule has 0 spiro atoms. The topological polar surface area (TPSA) is 89.0 Å². The number of nitrogens with one attached hydrogen (secondary N) is 1. The van der Waals surface area contributed by atoms with Crippen LogP contribution in [0.4, 0.5) is 10.6 Å². The number of urea groups is 1. The van der Waals surface area contributed by atoms with Gasteiger partial charge in [-0.1, -0.05) is 0 Å². The van der Waals surface area contributed by atoms with Crippen LogP contribution in [0.1, 0.15) is 37.0 Å². The van der Waals surface area contributed by atoms with Crippen molar-refractivity contribution in [3.8, 4) is 0 Å². The number of amides is 3. The third-order valence-corrected chi connectivity index (χ3v) is 5.68. The zero-order valence-corrected chi connectivity index (χ0v) is 17.2. The lowest BCUT2D eigenvalue weighted by Crippen LogP contribution is -2.61. The fourth-order valence-corrected chi connectivity index (χ4v) is 4.05. The second-order valence-corrected chi connectivity index (χ2v) is 8.40. The number of hydrogen-bond donors (Lipinski definition) is 2. The zero-order chi connectivity index (χ0) is 20.5. The molecule has 0 aromatic carbocycles. The summed E-state index contributed by atoms with van der Waals surface area (Å²) >= 11 is 0. The first-order chi connectivity index (χ1) is 13.2. The van der Waals surface area contributed by atoms with Crippen molar-refractivity contribution in [2.45, 2.75) is 38.3 Å². The largest absolute Gasteiger partial charge is 0.389 e. The van der Waals surface area contributed by atoms with Crippen LogP contribution in [0.5, 0.6) is 0 Å². The summed E-state index contributed by atoms with van der Waals surface area (Å²) in [6.07, 6.45) is 2.87. The minimum Gasteiger partial charge on any atom is -0.389 e. The van der Waals surface area contributed by atoms with E-state index in [2.05, 4.69) is 15.2 Å². The van der Waals surface area contributed by atoms with Gasteiger partial charge in [0.15, 0.2) is 0 Å². The average Bonchev–Trinajstić information content (AvgIpc) is 2.66. The number of fused-ring (bicyclic) bond motifs is 1. The quantitative estimate of drug-likeness (QED) is 0.810. The molecule has 3 rings (SSSR count). The van der Waals surface area contributed by atoms with Gasteiger partial charge in [0, 0.05) is 64.0 Å². The number of nitrogens with zero attached hydrogens (tertiary/aromatic N) is 4. The van der Waals surface area contributed by atoms with E-state index >= 15 is 0 Å². The van der Waals surface area contributed by atoms with Crippen LogP contribution in [0, 0.1) is 5.92 Å². The molecule has 154 valence electrons. The van der Waals surface area contributed by atoms with Gasteiger partial charge in [0.25, 0.3) is 5.91 Å². The Bertz CT molecular complexity index is 738. The summed E-state index contributed by atoms with van der Waals surface area (Å²) in [5.74, 6) is 0.566. The summed E-state index contributed by atoms with van der Waals surface area (Å²) in [5, 5.41) is 14.0. The molecule has 3 amide bonds. The van der Waals surface area contributed by atoms with Gasteiger partial charge in [-0.2, -0.15) is 0 Å². The molecule has 0 radical (unpaired) electrons. The molecule has 28 heavy (non-hydrogen) atoms. The zero-order valence-electron chi connectivity index (χ0n) is 17.2. The molecule has 2 atom stereocenters. The van der Waals surface area contributed by atoms with Crippen LogP contribution in [0.15, 0.2) is 18.3 Å². The summed E-state index contributed by atoms with van der Waals surface area (Å²) in [4.78, 5) is 34.6. The van der Waals surface area contributed by atoms with Gasteiger partial charge in [-0.05, 0) is 38.8 Å². The normalized spacial score (nSPS) is 24.7. The van der Waals surface area contributed by atoms with E-state index in [9.17, 15) is 14.7 Å². The number of piperidine rings is 2. The molecule has 8 heteroatoms. The molecule has 2 fully saturated rings. The van der Waals surface area contributed by atoms with Crippen molar-refractivity contribution in [2.24, 2.45) is 5.92 Å². The van der Waals surface area contributed by atoms with Crippen molar-refractivity contribution in [3.05, 3.63) is 23.9 Å². The highest BCUT2D eigenvalue weighted by atomic mass is 16.3. The molecular weight excluding hydrogens is 358 g/mol. The number of pyridine rings is 1. The summed E-state index contributed by atoms with van der Waals surface area (Å²) in [5.41, 5.74) is -0.167. The molecule has 2 N–H and O–H groups in total. The van der Waals surface area contributed by atoms with Crippen LogP contribution in [0.3, 0.4) is 0 Å². The lowest BCUT2D eigenvalue weighted by atomic mass is 9.75. The maximum atomic E-state index is 12.3. The molecule has 2 aliphatic rings. The number of aliphatic hydroxyl groups is 1. The first kappa shape index (κ1) is 20.4. The van der Waals surface area contributed by atoms with E-state index in [-0.39, 0.29) is 23.9 Å². The molecule has 8 nitrogen and oxygen atoms in total. The van der Waals surface area contributed by atoms with Crippen molar-refractivity contribution in [2.75, 3.05) is 45.2 Å². The van der Waals surface area contributed by atoms with Gasteiger partial charge < -0.3 is 25.1 Å². The maximum Gasteiger partial charge on any atom is 0.319 e. The van der Waals surface area contributed by atoms with Crippen LogP contribution in [-0.2, 0) is 0 Å². The summed E-state index contributed by atoms with van der Waals surface area (Å²) in [7, 11) is 3.49. The second kappa shape index (κ2) is 7.95. The molecule has 0 unspecified atom stereocenters. The third kappa shape index (κ3) is 4.22. The number of rotatable bonds is 3. The van der Waals surface area contributed by atoms with Gasteiger partial charge in [0.1, 0.15) is 5.82 Å². The average molecular weight is 390 g/mol.